The van der Waals surface area contributed by atoms with Gasteiger partial charge in [0.15, 0.2) is 11.0 Å². The van der Waals surface area contributed by atoms with Gasteiger partial charge in [0, 0.05) is 32.0 Å². The number of hydrogen-bond donors (Lipinski definition) is 1. The number of anilines is 1. The lowest BCUT2D eigenvalue weighted by Crippen LogP contribution is -2.14. The van der Waals surface area contributed by atoms with Gasteiger partial charge in [-0.2, -0.15) is 0 Å². The minimum atomic E-state index is -0.358. The molecule has 0 bridgehead atoms. The Kier molecular flexibility index (Phi) is 7.01. The van der Waals surface area contributed by atoms with Crippen LogP contribution >= 0.6 is 46.6 Å². The third kappa shape index (κ3) is 5.42. The van der Waals surface area contributed by atoms with Crippen LogP contribution in [0.25, 0.3) is 17.1 Å². The number of nitrogens with one attached hydrogen (secondary N) is 1. The lowest BCUT2D eigenvalue weighted by atomic mass is 10.2. The summed E-state index contributed by atoms with van der Waals surface area (Å²) in [6.07, 6.45) is 0. The summed E-state index contributed by atoms with van der Waals surface area (Å²) in [6, 6.07) is 17.9. The van der Waals surface area contributed by atoms with Gasteiger partial charge >= 0.3 is 0 Å². The number of aromatic nitrogens is 3. The maximum Gasteiger partial charge on any atom is 0.234 e. The highest BCUT2D eigenvalue weighted by Gasteiger charge is 2.18. The van der Waals surface area contributed by atoms with Crippen LogP contribution in [0.15, 0.2) is 71.9 Å². The van der Waals surface area contributed by atoms with E-state index in [4.69, 9.17) is 34.8 Å². The summed E-state index contributed by atoms with van der Waals surface area (Å²) in [5.74, 6) is -0.0270. The van der Waals surface area contributed by atoms with Crippen molar-refractivity contribution >= 4 is 58.2 Å². The van der Waals surface area contributed by atoms with Gasteiger partial charge in [0.1, 0.15) is 5.82 Å². The number of nitrogens with zero attached hydrogens (tertiary/aromatic N) is 3. The highest BCUT2D eigenvalue weighted by Crippen LogP contribution is 2.29. The van der Waals surface area contributed by atoms with Crippen LogP contribution in [0.1, 0.15) is 0 Å². The second kappa shape index (κ2) is 9.92. The molecule has 4 aromatic rings. The van der Waals surface area contributed by atoms with Gasteiger partial charge < -0.3 is 5.32 Å². The number of carbonyl (C=O) groups is 1. The van der Waals surface area contributed by atoms with Crippen LogP contribution in [-0.4, -0.2) is 26.4 Å². The van der Waals surface area contributed by atoms with Crippen LogP contribution in [0.3, 0.4) is 0 Å². The summed E-state index contributed by atoms with van der Waals surface area (Å²) >= 11 is 19.2. The molecule has 32 heavy (non-hydrogen) atoms. The van der Waals surface area contributed by atoms with Crippen molar-refractivity contribution < 1.29 is 9.18 Å². The van der Waals surface area contributed by atoms with Crippen LogP contribution in [0.4, 0.5) is 10.1 Å². The minimum Gasteiger partial charge on any atom is -0.325 e. The first kappa shape index (κ1) is 22.6. The Hall–Kier alpha value is -2.58. The van der Waals surface area contributed by atoms with E-state index in [1.54, 1.807) is 47.0 Å². The number of hydrogen-bond acceptors (Lipinski definition) is 4. The first-order chi connectivity index (χ1) is 15.4. The Morgan fingerprint density at radius 3 is 2.22 bits per heavy atom. The van der Waals surface area contributed by atoms with Crippen molar-refractivity contribution in [1.29, 1.82) is 0 Å². The molecule has 0 saturated heterocycles. The van der Waals surface area contributed by atoms with E-state index in [9.17, 15) is 9.18 Å². The van der Waals surface area contributed by atoms with Crippen LogP contribution in [0, 0.1) is 5.82 Å². The van der Waals surface area contributed by atoms with E-state index in [1.807, 2.05) is 12.1 Å². The second-order valence-corrected chi connectivity index (χ2v) is 8.87. The van der Waals surface area contributed by atoms with Gasteiger partial charge in [-0.05, 0) is 66.7 Å². The van der Waals surface area contributed by atoms with Gasteiger partial charge in [-0.15, -0.1) is 10.2 Å². The van der Waals surface area contributed by atoms with Crippen LogP contribution in [0.5, 0.6) is 0 Å². The molecule has 0 aliphatic carbocycles. The molecule has 0 saturated carbocycles. The Morgan fingerprint density at radius 1 is 0.906 bits per heavy atom. The molecule has 0 atom stereocenters. The Labute approximate surface area is 202 Å². The Balaban J connectivity index is 1.59. The zero-order valence-corrected chi connectivity index (χ0v) is 19.3. The van der Waals surface area contributed by atoms with E-state index in [-0.39, 0.29) is 17.5 Å². The molecule has 0 unspecified atom stereocenters. The smallest absolute Gasteiger partial charge is 0.234 e. The second-order valence-electron chi connectivity index (χ2n) is 6.62. The summed E-state index contributed by atoms with van der Waals surface area (Å²) in [7, 11) is 0. The predicted molar refractivity (Wildman–Crippen MR) is 128 cm³/mol. The summed E-state index contributed by atoms with van der Waals surface area (Å²) in [5, 5.41) is 13.2. The standard InChI is InChI=1S/C22H14Cl3FN4OS/c23-14-3-1-13(2-4-14)21-28-29-22(30(21)19-7-5-17(26)6-8-19)32-12-20(31)27-18-10-15(24)9-16(25)11-18/h1-11H,12H2,(H,27,31). The van der Waals surface area contributed by atoms with Gasteiger partial charge in [0.25, 0.3) is 0 Å². The molecular formula is C22H14Cl3FN4OS. The molecule has 0 aliphatic rings. The molecule has 0 aliphatic heterocycles. The number of amides is 1. The van der Waals surface area contributed by atoms with Crippen molar-refractivity contribution in [3.05, 3.63) is 87.6 Å². The monoisotopic (exact) mass is 506 g/mol. The van der Waals surface area contributed by atoms with Gasteiger partial charge in [0.05, 0.1) is 5.75 Å². The quantitative estimate of drug-likeness (QED) is 0.293. The predicted octanol–water partition coefficient (Wildman–Crippen LogP) is 6.76. The lowest BCUT2D eigenvalue weighted by Gasteiger charge is -2.11. The molecular weight excluding hydrogens is 494 g/mol. The van der Waals surface area contributed by atoms with Crippen LogP contribution in [0.2, 0.25) is 15.1 Å². The molecule has 0 spiro atoms. The zero-order chi connectivity index (χ0) is 22.7. The fraction of sp³-hybridized carbons (Fsp3) is 0.0455. The summed E-state index contributed by atoms with van der Waals surface area (Å²) in [6.45, 7) is 0. The van der Waals surface area contributed by atoms with E-state index >= 15 is 0 Å². The van der Waals surface area contributed by atoms with Gasteiger partial charge in [0.2, 0.25) is 5.91 Å². The number of benzene rings is 3. The van der Waals surface area contributed by atoms with Gasteiger partial charge in [-0.1, -0.05) is 46.6 Å². The number of carbonyl (C=O) groups excluding carboxylic acids is 1. The summed E-state index contributed by atoms with van der Waals surface area (Å²) in [4.78, 5) is 12.5. The van der Waals surface area contributed by atoms with Crippen LogP contribution < -0.4 is 5.32 Å². The van der Waals surface area contributed by atoms with Gasteiger partial charge in [-0.25, -0.2) is 4.39 Å². The van der Waals surface area contributed by atoms with Crippen molar-refractivity contribution in [3.63, 3.8) is 0 Å². The first-order valence-corrected chi connectivity index (χ1v) is 11.4. The normalized spacial score (nSPS) is 10.9. The molecule has 10 heteroatoms. The molecule has 162 valence electrons. The molecule has 0 fully saturated rings. The highest BCUT2D eigenvalue weighted by atomic mass is 35.5. The third-order valence-corrected chi connectivity index (χ3v) is 5.92. The topological polar surface area (TPSA) is 59.8 Å². The molecule has 4 rings (SSSR count). The van der Waals surface area contributed by atoms with Crippen molar-refractivity contribution in [2.45, 2.75) is 5.16 Å². The number of halogens is 4. The van der Waals surface area contributed by atoms with Gasteiger partial charge in [-0.3, -0.25) is 9.36 Å². The molecule has 0 radical (unpaired) electrons. The molecule has 1 heterocycles. The summed E-state index contributed by atoms with van der Waals surface area (Å²) in [5.41, 5.74) is 1.93. The van der Waals surface area contributed by atoms with Crippen molar-refractivity contribution in [1.82, 2.24) is 14.8 Å². The SMILES string of the molecule is O=C(CSc1nnc(-c2ccc(Cl)cc2)n1-c1ccc(F)cc1)Nc1cc(Cl)cc(Cl)c1. The maximum atomic E-state index is 13.5. The van der Waals surface area contributed by atoms with Crippen molar-refractivity contribution in [3.8, 4) is 17.1 Å². The average molecular weight is 508 g/mol. The Bertz CT molecular complexity index is 1240. The lowest BCUT2D eigenvalue weighted by molar-refractivity contribution is -0.113. The van der Waals surface area contributed by atoms with E-state index in [2.05, 4.69) is 15.5 Å². The van der Waals surface area contributed by atoms with E-state index in [1.165, 1.54) is 23.9 Å². The summed E-state index contributed by atoms with van der Waals surface area (Å²) < 4.78 is 15.2. The molecule has 1 amide bonds. The first-order valence-electron chi connectivity index (χ1n) is 9.25. The zero-order valence-electron chi connectivity index (χ0n) is 16.2. The largest absolute Gasteiger partial charge is 0.325 e. The highest BCUT2D eigenvalue weighted by molar-refractivity contribution is 7.99. The number of thioether (sulfide) groups is 1. The van der Waals surface area contributed by atoms with Crippen LogP contribution in [-0.2, 0) is 4.79 Å². The van der Waals surface area contributed by atoms with E-state index in [0.29, 0.717) is 37.4 Å². The minimum absolute atomic E-state index is 0.0596. The average Bonchev–Trinajstić information content (AvgIpc) is 3.16. The number of rotatable bonds is 6. The van der Waals surface area contributed by atoms with Crippen molar-refractivity contribution in [2.75, 3.05) is 11.1 Å². The maximum absolute atomic E-state index is 13.5. The fourth-order valence-corrected chi connectivity index (χ4v) is 4.33. The molecule has 1 N–H and O–H groups in total. The fourth-order valence-electron chi connectivity index (χ4n) is 2.93. The molecule has 1 aromatic heterocycles. The van der Waals surface area contributed by atoms with E-state index < -0.39 is 0 Å². The third-order valence-electron chi connectivity index (χ3n) is 4.30. The molecule has 5 nitrogen and oxygen atoms in total. The van der Waals surface area contributed by atoms with Crippen molar-refractivity contribution in [2.24, 2.45) is 0 Å². The Morgan fingerprint density at radius 2 is 1.56 bits per heavy atom. The molecule has 3 aromatic carbocycles. The van der Waals surface area contributed by atoms with E-state index in [0.717, 1.165) is 5.56 Å².